The number of para-hydroxylation sites is 1. The fraction of sp³-hybridized carbons (Fsp3) is 0.444. The monoisotopic (exact) mass is 524 g/mol. The Labute approximate surface area is 214 Å². The van der Waals surface area contributed by atoms with Crippen LogP contribution in [0.2, 0.25) is 4.34 Å². The summed E-state index contributed by atoms with van der Waals surface area (Å²) in [7, 11) is 0. The highest BCUT2D eigenvalue weighted by molar-refractivity contribution is 7.23. The summed E-state index contributed by atoms with van der Waals surface area (Å²) in [5.74, 6) is 0.0989. The molecule has 0 saturated heterocycles. The number of urea groups is 1. The van der Waals surface area contributed by atoms with Crippen LogP contribution < -0.4 is 10.6 Å². The molecule has 1 aromatic heterocycles. The zero-order valence-corrected chi connectivity index (χ0v) is 22.0. The second-order valence-electron chi connectivity index (χ2n) is 9.45. The molecule has 0 aliphatic rings. The Balaban J connectivity index is 1.81. The molecule has 0 aliphatic heterocycles. The molecule has 0 radical (unpaired) electrons. The number of hydrogen-bond acceptors (Lipinski definition) is 2. The summed E-state index contributed by atoms with van der Waals surface area (Å²) in [6.07, 6.45) is -4.86. The van der Waals surface area contributed by atoms with E-state index in [0.717, 1.165) is 32.5 Å². The Kier molecular flexibility index (Phi) is 9.11. The normalized spacial score (nSPS) is 13.0. The van der Waals surface area contributed by atoms with Crippen molar-refractivity contribution < 1.29 is 18.0 Å². The van der Waals surface area contributed by atoms with E-state index in [1.165, 1.54) is 11.3 Å². The predicted molar refractivity (Wildman–Crippen MR) is 141 cm³/mol. The SMILES string of the molecule is CC(C)c1cccc(C(C)C)c1NC(=O)NCC(CCCC(F)(F)F)c1c(Cl)sc2ccccc12. The third-order valence-electron chi connectivity index (χ3n) is 6.13. The number of fused-ring (bicyclic) bond motifs is 1. The highest BCUT2D eigenvalue weighted by Crippen LogP contribution is 2.41. The minimum absolute atomic E-state index is 0.0361. The second-order valence-corrected chi connectivity index (χ2v) is 11.1. The van der Waals surface area contributed by atoms with E-state index in [1.807, 2.05) is 42.5 Å². The maximum atomic E-state index is 13.0. The molecule has 0 fully saturated rings. The van der Waals surface area contributed by atoms with Crippen LogP contribution in [0, 0.1) is 0 Å². The average molecular weight is 525 g/mol. The molecule has 3 aromatic rings. The molecule has 2 amide bonds. The summed E-state index contributed by atoms with van der Waals surface area (Å²) in [4.78, 5) is 13.0. The first-order valence-electron chi connectivity index (χ1n) is 11.9. The molecule has 8 heteroatoms. The molecule has 1 atom stereocenters. The molecule has 3 rings (SSSR count). The van der Waals surface area contributed by atoms with E-state index >= 15 is 0 Å². The van der Waals surface area contributed by atoms with Gasteiger partial charge in [-0.25, -0.2) is 4.79 Å². The van der Waals surface area contributed by atoms with Crippen molar-refractivity contribution in [3.05, 3.63) is 63.5 Å². The summed E-state index contributed by atoms with van der Waals surface area (Å²) in [6, 6.07) is 13.3. The number of rotatable bonds is 9. The van der Waals surface area contributed by atoms with Crippen molar-refractivity contribution in [3.8, 4) is 0 Å². The number of alkyl halides is 3. The lowest BCUT2D eigenvalue weighted by Crippen LogP contribution is -2.33. The van der Waals surface area contributed by atoms with Crippen LogP contribution in [0.15, 0.2) is 42.5 Å². The fourth-order valence-corrected chi connectivity index (χ4v) is 5.90. The van der Waals surface area contributed by atoms with Gasteiger partial charge in [-0.2, -0.15) is 13.2 Å². The molecule has 190 valence electrons. The zero-order valence-electron chi connectivity index (χ0n) is 20.4. The topological polar surface area (TPSA) is 41.1 Å². The van der Waals surface area contributed by atoms with Crippen LogP contribution in [-0.4, -0.2) is 18.8 Å². The molecule has 35 heavy (non-hydrogen) atoms. The summed E-state index contributed by atoms with van der Waals surface area (Å²) in [5, 5.41) is 6.85. The molecule has 0 aliphatic carbocycles. The lowest BCUT2D eigenvalue weighted by Gasteiger charge is -2.22. The van der Waals surface area contributed by atoms with E-state index in [4.69, 9.17) is 11.6 Å². The molecule has 0 spiro atoms. The first kappa shape index (κ1) is 27.3. The van der Waals surface area contributed by atoms with Crippen molar-refractivity contribution in [2.45, 2.75) is 70.9 Å². The number of nitrogens with one attached hydrogen (secondary N) is 2. The zero-order chi connectivity index (χ0) is 25.8. The van der Waals surface area contributed by atoms with Crippen molar-refractivity contribution in [3.63, 3.8) is 0 Å². The van der Waals surface area contributed by atoms with E-state index < -0.39 is 12.6 Å². The Morgan fingerprint density at radius 3 is 2.23 bits per heavy atom. The van der Waals surface area contributed by atoms with Gasteiger partial charge in [-0.15, -0.1) is 11.3 Å². The minimum atomic E-state index is -4.22. The number of amides is 2. The van der Waals surface area contributed by atoms with Gasteiger partial charge in [-0.05, 0) is 52.8 Å². The molecule has 2 N–H and O–H groups in total. The lowest BCUT2D eigenvalue weighted by molar-refractivity contribution is -0.135. The Hall–Kier alpha value is -2.25. The van der Waals surface area contributed by atoms with Crippen molar-refractivity contribution in [2.24, 2.45) is 0 Å². The number of anilines is 1. The van der Waals surface area contributed by atoms with Crippen LogP contribution in [0.1, 0.15) is 81.4 Å². The molecule has 1 heterocycles. The van der Waals surface area contributed by atoms with Gasteiger partial charge in [0.15, 0.2) is 0 Å². The van der Waals surface area contributed by atoms with Gasteiger partial charge < -0.3 is 10.6 Å². The summed E-state index contributed by atoms with van der Waals surface area (Å²) in [6.45, 7) is 8.47. The van der Waals surface area contributed by atoms with Crippen LogP contribution in [0.5, 0.6) is 0 Å². The summed E-state index contributed by atoms with van der Waals surface area (Å²) >= 11 is 7.96. The van der Waals surface area contributed by atoms with Gasteiger partial charge in [-0.1, -0.05) is 75.7 Å². The van der Waals surface area contributed by atoms with Gasteiger partial charge in [-0.3, -0.25) is 0 Å². The van der Waals surface area contributed by atoms with Crippen molar-refractivity contribution in [1.29, 1.82) is 0 Å². The predicted octanol–water partition coefficient (Wildman–Crippen LogP) is 9.44. The number of thiophene rings is 1. The van der Waals surface area contributed by atoms with E-state index in [1.54, 1.807) is 0 Å². The third kappa shape index (κ3) is 7.14. The molecule has 1 unspecified atom stereocenters. The smallest absolute Gasteiger partial charge is 0.337 e. The van der Waals surface area contributed by atoms with E-state index in [9.17, 15) is 18.0 Å². The molecular formula is C27H32ClF3N2OS. The van der Waals surface area contributed by atoms with Crippen LogP contribution >= 0.6 is 22.9 Å². The Morgan fingerprint density at radius 2 is 1.63 bits per heavy atom. The average Bonchev–Trinajstić information content (AvgIpc) is 3.10. The molecule has 2 aromatic carbocycles. The van der Waals surface area contributed by atoms with Crippen molar-refractivity contribution in [1.82, 2.24) is 5.32 Å². The van der Waals surface area contributed by atoms with E-state index in [0.29, 0.717) is 4.34 Å². The largest absolute Gasteiger partial charge is 0.389 e. The molecule has 3 nitrogen and oxygen atoms in total. The quantitative estimate of drug-likeness (QED) is 0.287. The number of carbonyl (C=O) groups is 1. The van der Waals surface area contributed by atoms with Gasteiger partial charge in [0, 0.05) is 29.3 Å². The van der Waals surface area contributed by atoms with Gasteiger partial charge >= 0.3 is 12.2 Å². The third-order valence-corrected chi connectivity index (χ3v) is 7.54. The Bertz CT molecular complexity index is 1130. The number of halogens is 4. The summed E-state index contributed by atoms with van der Waals surface area (Å²) < 4.78 is 40.0. The standard InChI is InChI=1S/C27H32ClF3N2OS/c1-16(2)19-11-7-12-20(17(3)4)24(19)33-26(34)32-15-18(9-8-14-27(29,30)31)23-21-10-5-6-13-22(21)35-25(23)28/h5-7,10-13,16-18H,8-9,14-15H2,1-4H3,(H2,32,33,34). The minimum Gasteiger partial charge on any atom is -0.337 e. The fourth-order valence-electron chi connectivity index (χ4n) is 4.38. The van der Waals surface area contributed by atoms with Gasteiger partial charge in [0.25, 0.3) is 0 Å². The van der Waals surface area contributed by atoms with E-state index in [-0.39, 0.29) is 43.2 Å². The second kappa shape index (κ2) is 11.7. The maximum Gasteiger partial charge on any atom is 0.389 e. The Morgan fingerprint density at radius 1 is 1.00 bits per heavy atom. The van der Waals surface area contributed by atoms with Crippen LogP contribution in [-0.2, 0) is 0 Å². The van der Waals surface area contributed by atoms with Gasteiger partial charge in [0.1, 0.15) is 0 Å². The number of hydrogen-bond donors (Lipinski definition) is 2. The molecular weight excluding hydrogens is 493 g/mol. The van der Waals surface area contributed by atoms with Crippen molar-refractivity contribution in [2.75, 3.05) is 11.9 Å². The van der Waals surface area contributed by atoms with Gasteiger partial charge in [0.05, 0.1) is 4.34 Å². The van der Waals surface area contributed by atoms with Gasteiger partial charge in [0.2, 0.25) is 0 Å². The first-order chi connectivity index (χ1) is 16.5. The molecule has 0 bridgehead atoms. The van der Waals surface area contributed by atoms with Crippen LogP contribution in [0.25, 0.3) is 10.1 Å². The number of benzene rings is 2. The highest BCUT2D eigenvalue weighted by Gasteiger charge is 2.28. The molecule has 0 saturated carbocycles. The van der Waals surface area contributed by atoms with Crippen LogP contribution in [0.3, 0.4) is 0 Å². The highest BCUT2D eigenvalue weighted by atomic mass is 35.5. The van der Waals surface area contributed by atoms with Crippen molar-refractivity contribution >= 4 is 44.7 Å². The first-order valence-corrected chi connectivity index (χ1v) is 13.1. The maximum absolute atomic E-state index is 13.0. The van der Waals surface area contributed by atoms with Crippen LogP contribution in [0.4, 0.5) is 23.7 Å². The summed E-state index contributed by atoms with van der Waals surface area (Å²) in [5.41, 5.74) is 3.68. The number of carbonyl (C=O) groups excluding carboxylic acids is 1. The van der Waals surface area contributed by atoms with E-state index in [2.05, 4.69) is 38.3 Å². The lowest BCUT2D eigenvalue weighted by atomic mass is 9.92.